The molecule has 2 saturated heterocycles. The second-order valence-corrected chi connectivity index (χ2v) is 16.3. The summed E-state index contributed by atoms with van der Waals surface area (Å²) in [6.07, 6.45) is 0.312. The molecule has 2 amide bonds. The average molecular weight is 812 g/mol. The number of halogens is 3. The number of hydrogen-bond acceptors (Lipinski definition) is 14. The van der Waals surface area contributed by atoms with E-state index >= 15 is 0 Å². The van der Waals surface area contributed by atoms with Gasteiger partial charge in [-0.05, 0) is 47.4 Å². The molecule has 0 radical (unpaired) electrons. The Morgan fingerprint density at radius 1 is 1.02 bits per heavy atom. The molecule has 2 atom stereocenters. The highest BCUT2D eigenvalue weighted by molar-refractivity contribution is 7.92. The third-order valence-corrected chi connectivity index (χ3v) is 11.8. The fraction of sp³-hybridized carbons (Fsp3) is 0.389. The zero-order valence-corrected chi connectivity index (χ0v) is 32.2. The lowest BCUT2D eigenvalue weighted by Gasteiger charge is -2.36. The molecule has 3 aliphatic heterocycles. The van der Waals surface area contributed by atoms with Gasteiger partial charge in [0.15, 0.2) is 5.82 Å². The zero-order valence-electron chi connectivity index (χ0n) is 30.5. The predicted octanol–water partition coefficient (Wildman–Crippen LogP) is 3.91. The van der Waals surface area contributed by atoms with Crippen LogP contribution < -0.4 is 25.2 Å². The summed E-state index contributed by atoms with van der Waals surface area (Å²) in [4.78, 5) is 47.0. The molecule has 2 unspecified atom stereocenters. The van der Waals surface area contributed by atoms with E-state index in [9.17, 15) is 31.2 Å². The summed E-state index contributed by atoms with van der Waals surface area (Å²) in [6.45, 7) is 4.35. The molecule has 3 aliphatic rings. The van der Waals surface area contributed by atoms with Gasteiger partial charge in [0.25, 0.3) is 0 Å². The number of imide groups is 1. The van der Waals surface area contributed by atoms with Gasteiger partial charge in [0.2, 0.25) is 27.8 Å². The molecule has 5 heterocycles. The van der Waals surface area contributed by atoms with E-state index in [1.807, 2.05) is 17.0 Å². The molecule has 15 nitrogen and oxygen atoms in total. The molecular weight excluding hydrogens is 772 g/mol. The van der Waals surface area contributed by atoms with Crippen LogP contribution in [0.4, 0.5) is 42.1 Å². The van der Waals surface area contributed by atoms with Crippen LogP contribution >= 0.6 is 12.6 Å². The number of sulfonamides is 1. The van der Waals surface area contributed by atoms with Gasteiger partial charge in [0, 0.05) is 82.7 Å². The van der Waals surface area contributed by atoms with Crippen molar-refractivity contribution in [2.45, 2.75) is 50.1 Å². The number of hydrogen-bond donors (Lipinski definition) is 4. The summed E-state index contributed by atoms with van der Waals surface area (Å²) in [5.41, 5.74) is 3.98. The molecular formula is C36H40F3N11O4S2. The lowest BCUT2D eigenvalue weighted by atomic mass is 10.0. The summed E-state index contributed by atoms with van der Waals surface area (Å²) in [6, 6.07) is 13.5. The zero-order chi connectivity index (χ0) is 39.8. The van der Waals surface area contributed by atoms with Crippen LogP contribution in [0.1, 0.15) is 46.2 Å². The van der Waals surface area contributed by atoms with E-state index < -0.39 is 27.6 Å². The van der Waals surface area contributed by atoms with Crippen molar-refractivity contribution in [3.63, 3.8) is 0 Å². The van der Waals surface area contributed by atoms with Crippen LogP contribution in [0.3, 0.4) is 0 Å². The van der Waals surface area contributed by atoms with Crippen molar-refractivity contribution in [3.05, 3.63) is 89.0 Å². The molecule has 7 rings (SSSR count). The second kappa shape index (κ2) is 15.8. The van der Waals surface area contributed by atoms with Crippen molar-refractivity contribution in [2.75, 3.05) is 59.3 Å². The smallest absolute Gasteiger partial charge is 0.369 e. The van der Waals surface area contributed by atoms with Crippen molar-refractivity contribution in [1.82, 2.24) is 35.1 Å². The summed E-state index contributed by atoms with van der Waals surface area (Å²) in [5.74, 6) is -1.11. The van der Waals surface area contributed by atoms with Gasteiger partial charge in [0.05, 0.1) is 24.2 Å². The molecule has 2 aromatic heterocycles. The highest BCUT2D eigenvalue weighted by atomic mass is 32.2. The first-order valence-corrected chi connectivity index (χ1v) is 20.2. The number of rotatable bonds is 11. The van der Waals surface area contributed by atoms with Gasteiger partial charge in [-0.1, -0.05) is 18.2 Å². The molecule has 2 aromatic carbocycles. The number of piperazine rings is 1. The fourth-order valence-corrected chi connectivity index (χ4v) is 8.01. The second-order valence-electron chi connectivity index (χ2n) is 13.8. The largest absolute Gasteiger partial charge is 0.421 e. The van der Waals surface area contributed by atoms with E-state index in [-0.39, 0.29) is 47.2 Å². The number of aromatic nitrogens is 4. The van der Waals surface area contributed by atoms with Crippen molar-refractivity contribution in [2.24, 2.45) is 0 Å². The number of anilines is 5. The van der Waals surface area contributed by atoms with Crippen molar-refractivity contribution in [3.8, 4) is 0 Å². The van der Waals surface area contributed by atoms with Crippen LogP contribution in [0.25, 0.3) is 0 Å². The van der Waals surface area contributed by atoms with Crippen LogP contribution in [0.15, 0.2) is 61.1 Å². The number of alkyl halides is 3. The quantitative estimate of drug-likeness (QED) is 0.127. The Morgan fingerprint density at radius 2 is 1.75 bits per heavy atom. The van der Waals surface area contributed by atoms with E-state index in [4.69, 9.17) is 12.6 Å². The Bertz CT molecular complexity index is 2220. The van der Waals surface area contributed by atoms with Gasteiger partial charge in [-0.2, -0.15) is 30.8 Å². The number of piperidine rings is 1. The number of carbonyl (C=O) groups is 2. The van der Waals surface area contributed by atoms with Crippen LogP contribution in [-0.2, 0) is 45.4 Å². The number of benzene rings is 2. The number of nitrogens with zero attached hydrogens (tertiary/aromatic N) is 8. The minimum absolute atomic E-state index is 0.0298. The SMILES string of the molecule is CN(c1nccnc1CNc1nc(Nc2ccc(N3CCN(Cc4ccc5c(c4)CN(C4CCC(=O)NC4=O)C5S)CC3)cc2)ncc1C(F)(F)F)S(C)(=O)=O. The first-order valence-electron chi connectivity index (χ1n) is 17.8. The fourth-order valence-electron chi connectivity index (χ4n) is 7.05. The molecule has 0 bridgehead atoms. The lowest BCUT2D eigenvalue weighted by Crippen LogP contribution is -2.51. The maximum atomic E-state index is 13.9. The maximum Gasteiger partial charge on any atom is 0.421 e. The van der Waals surface area contributed by atoms with Gasteiger partial charge >= 0.3 is 6.18 Å². The number of carbonyl (C=O) groups excluding carboxylic acids is 2. The van der Waals surface area contributed by atoms with Gasteiger partial charge in [-0.25, -0.2) is 18.4 Å². The minimum atomic E-state index is -4.76. The Hall–Kier alpha value is -5.05. The molecule has 3 N–H and O–H groups in total. The van der Waals surface area contributed by atoms with E-state index in [2.05, 4.69) is 63.9 Å². The van der Waals surface area contributed by atoms with Gasteiger partial charge in [0.1, 0.15) is 17.1 Å². The summed E-state index contributed by atoms with van der Waals surface area (Å²) < 4.78 is 66.8. The monoisotopic (exact) mass is 811 g/mol. The predicted molar refractivity (Wildman–Crippen MR) is 207 cm³/mol. The molecule has 20 heteroatoms. The summed E-state index contributed by atoms with van der Waals surface area (Å²) in [5, 5.41) is 7.84. The molecule has 0 spiro atoms. The van der Waals surface area contributed by atoms with Crippen LogP contribution in [0.2, 0.25) is 0 Å². The van der Waals surface area contributed by atoms with Crippen LogP contribution in [0, 0.1) is 0 Å². The molecule has 296 valence electrons. The first kappa shape index (κ1) is 39.2. The highest BCUT2D eigenvalue weighted by Crippen LogP contribution is 2.40. The van der Waals surface area contributed by atoms with Crippen molar-refractivity contribution in [1.29, 1.82) is 0 Å². The third kappa shape index (κ3) is 8.67. The Kier molecular flexibility index (Phi) is 11.1. The van der Waals surface area contributed by atoms with Crippen LogP contribution in [-0.4, -0.2) is 95.5 Å². The Morgan fingerprint density at radius 3 is 2.45 bits per heavy atom. The van der Waals surface area contributed by atoms with Gasteiger partial charge < -0.3 is 15.5 Å². The maximum absolute atomic E-state index is 13.9. The number of nitrogens with one attached hydrogen (secondary N) is 3. The molecule has 2 fully saturated rings. The highest BCUT2D eigenvalue weighted by Gasteiger charge is 2.39. The summed E-state index contributed by atoms with van der Waals surface area (Å²) in [7, 11) is -2.43. The van der Waals surface area contributed by atoms with E-state index in [1.54, 1.807) is 12.1 Å². The summed E-state index contributed by atoms with van der Waals surface area (Å²) >= 11 is 4.81. The lowest BCUT2D eigenvalue weighted by molar-refractivity contribution is -0.138. The van der Waals surface area contributed by atoms with Gasteiger partial charge in [-0.3, -0.25) is 34.0 Å². The van der Waals surface area contributed by atoms with E-state index in [0.717, 1.165) is 60.1 Å². The number of thiol groups is 1. The Labute approximate surface area is 327 Å². The van der Waals surface area contributed by atoms with E-state index in [0.29, 0.717) is 31.3 Å². The standard InChI is InChI=1S/C36H40F3N11O4S2/c1-47(56(2,53)54)32-28(40-11-12-41-32)19-42-31-27(36(37,38)39)18-43-35(46-31)44-24-4-6-25(7-5-24)49-15-13-48(14-16-49)20-22-3-8-26-23(17-22)21-50(34(26)55)29-9-10-30(51)45-33(29)52/h3-8,11-12,17-18,29,34,55H,9-10,13-16,19-21H2,1-2H3,(H,45,51,52)(H2,42,43,44,46). The molecule has 56 heavy (non-hydrogen) atoms. The number of fused-ring (bicyclic) bond motifs is 1. The minimum Gasteiger partial charge on any atom is -0.369 e. The number of amides is 2. The molecule has 4 aromatic rings. The Balaban J connectivity index is 0.946. The average Bonchev–Trinajstić information content (AvgIpc) is 3.48. The normalized spacial score (nSPS) is 19.4. The molecule has 0 aliphatic carbocycles. The van der Waals surface area contributed by atoms with E-state index in [1.165, 1.54) is 25.0 Å². The molecule has 0 saturated carbocycles. The topological polar surface area (TPSA) is 169 Å². The van der Waals surface area contributed by atoms with Crippen molar-refractivity contribution < 1.29 is 31.2 Å². The first-order chi connectivity index (χ1) is 26.6. The third-order valence-electron chi connectivity index (χ3n) is 10.1. The van der Waals surface area contributed by atoms with Gasteiger partial charge in [-0.15, -0.1) is 0 Å². The van der Waals surface area contributed by atoms with Crippen LogP contribution in [0.5, 0.6) is 0 Å². The van der Waals surface area contributed by atoms with Crippen molar-refractivity contribution >= 4 is 63.4 Å².